The average molecular weight is 329 g/mol. The Hall–Kier alpha value is -2.20. The highest BCUT2D eigenvalue weighted by molar-refractivity contribution is 5.43. The molecule has 2 aromatic carbocycles. The maximum Gasteiger partial charge on any atom is 0.160 e. The molecular weight excluding hydrogens is 302 g/mol. The number of ether oxygens (including phenoxy) is 3. The predicted octanol–water partition coefficient (Wildman–Crippen LogP) is 3.82. The molecule has 0 heterocycles. The first-order valence-corrected chi connectivity index (χ1v) is 8.29. The molecule has 0 aromatic heterocycles. The van der Waals surface area contributed by atoms with E-state index in [1.807, 2.05) is 38.1 Å². The van der Waals surface area contributed by atoms with Gasteiger partial charge in [-0.3, -0.25) is 0 Å². The summed E-state index contributed by atoms with van der Waals surface area (Å²) in [6, 6.07) is 14.3. The van der Waals surface area contributed by atoms with Crippen molar-refractivity contribution >= 4 is 0 Å². The molecular formula is C20H27NO3. The van der Waals surface area contributed by atoms with E-state index in [2.05, 4.69) is 23.5 Å². The molecule has 0 fully saturated rings. The molecule has 0 radical (unpaired) electrons. The van der Waals surface area contributed by atoms with Gasteiger partial charge in [-0.25, -0.2) is 0 Å². The van der Waals surface area contributed by atoms with E-state index < -0.39 is 0 Å². The second-order valence-electron chi connectivity index (χ2n) is 5.93. The van der Waals surface area contributed by atoms with Gasteiger partial charge in [0.25, 0.3) is 0 Å². The Morgan fingerprint density at radius 3 is 2.42 bits per heavy atom. The second kappa shape index (κ2) is 9.18. The number of hydrogen-bond donors (Lipinski definition) is 1. The molecule has 4 heteroatoms. The number of rotatable bonds is 9. The van der Waals surface area contributed by atoms with Gasteiger partial charge in [0.1, 0.15) is 5.75 Å². The van der Waals surface area contributed by atoms with Crippen molar-refractivity contribution in [2.75, 3.05) is 20.8 Å². The average Bonchev–Trinajstić information content (AvgIpc) is 2.58. The third kappa shape index (κ3) is 5.46. The van der Waals surface area contributed by atoms with Crippen molar-refractivity contribution in [3.05, 3.63) is 53.6 Å². The van der Waals surface area contributed by atoms with Crippen molar-refractivity contribution in [1.29, 1.82) is 0 Å². The molecule has 0 unspecified atom stereocenters. The molecule has 0 atom stereocenters. The molecule has 0 aliphatic rings. The third-order valence-electron chi connectivity index (χ3n) is 3.64. The minimum atomic E-state index is 0.193. The lowest BCUT2D eigenvalue weighted by Crippen LogP contribution is -2.17. The predicted molar refractivity (Wildman–Crippen MR) is 97.2 cm³/mol. The summed E-state index contributed by atoms with van der Waals surface area (Å²) < 4.78 is 16.3. The van der Waals surface area contributed by atoms with Gasteiger partial charge in [-0.1, -0.05) is 18.2 Å². The molecule has 0 spiro atoms. The lowest BCUT2D eigenvalue weighted by molar-refractivity contribution is 0.242. The van der Waals surface area contributed by atoms with Gasteiger partial charge >= 0.3 is 0 Å². The van der Waals surface area contributed by atoms with Crippen molar-refractivity contribution in [3.8, 4) is 17.2 Å². The van der Waals surface area contributed by atoms with Crippen LogP contribution in [0.15, 0.2) is 42.5 Å². The van der Waals surface area contributed by atoms with Crippen LogP contribution >= 0.6 is 0 Å². The molecule has 0 aliphatic heterocycles. The summed E-state index contributed by atoms with van der Waals surface area (Å²) in [5.41, 5.74) is 2.44. The van der Waals surface area contributed by atoms with Gasteiger partial charge in [0, 0.05) is 6.54 Å². The highest BCUT2D eigenvalue weighted by atomic mass is 16.5. The smallest absolute Gasteiger partial charge is 0.160 e. The zero-order valence-corrected chi connectivity index (χ0v) is 15.0. The summed E-state index contributed by atoms with van der Waals surface area (Å²) in [5.74, 6) is 2.45. The van der Waals surface area contributed by atoms with Gasteiger partial charge in [0.2, 0.25) is 0 Å². The van der Waals surface area contributed by atoms with E-state index in [0.29, 0.717) is 0 Å². The van der Waals surface area contributed by atoms with Crippen molar-refractivity contribution < 1.29 is 14.2 Å². The summed E-state index contributed by atoms with van der Waals surface area (Å²) in [6.07, 6.45) is 1.13. The molecule has 0 saturated carbocycles. The van der Waals surface area contributed by atoms with Crippen LogP contribution in [0.5, 0.6) is 17.2 Å². The largest absolute Gasteiger partial charge is 0.493 e. The monoisotopic (exact) mass is 329 g/mol. The SMILES string of the molecule is COc1ccc(CCNCc2cccc(OC(C)C)c2)cc1OC. The molecule has 0 bridgehead atoms. The number of nitrogens with one attached hydrogen (secondary N) is 1. The minimum Gasteiger partial charge on any atom is -0.493 e. The normalized spacial score (nSPS) is 10.7. The van der Waals surface area contributed by atoms with E-state index in [0.717, 1.165) is 36.8 Å². The standard InChI is InChI=1S/C20H27NO3/c1-15(2)24-18-7-5-6-17(12-18)14-21-11-10-16-8-9-19(22-3)20(13-16)23-4/h5-9,12-13,15,21H,10-11,14H2,1-4H3. The topological polar surface area (TPSA) is 39.7 Å². The molecule has 1 N–H and O–H groups in total. The van der Waals surface area contributed by atoms with Gasteiger partial charge in [-0.15, -0.1) is 0 Å². The Morgan fingerprint density at radius 2 is 1.71 bits per heavy atom. The summed E-state index contributed by atoms with van der Waals surface area (Å²) in [5, 5.41) is 3.47. The van der Waals surface area contributed by atoms with Crippen LogP contribution in [0.1, 0.15) is 25.0 Å². The molecule has 0 amide bonds. The first kappa shape index (κ1) is 18.1. The van der Waals surface area contributed by atoms with Crippen LogP contribution in [-0.4, -0.2) is 26.9 Å². The van der Waals surface area contributed by atoms with E-state index in [1.165, 1.54) is 11.1 Å². The van der Waals surface area contributed by atoms with Crippen molar-refractivity contribution in [2.45, 2.75) is 32.9 Å². The molecule has 24 heavy (non-hydrogen) atoms. The van der Waals surface area contributed by atoms with E-state index >= 15 is 0 Å². The zero-order valence-electron chi connectivity index (χ0n) is 15.0. The Kier molecular flexibility index (Phi) is 6.94. The summed E-state index contributed by atoms with van der Waals surface area (Å²) in [6.45, 7) is 5.79. The lowest BCUT2D eigenvalue weighted by atomic mass is 10.1. The highest BCUT2D eigenvalue weighted by Gasteiger charge is 2.04. The van der Waals surface area contributed by atoms with Gasteiger partial charge in [0.15, 0.2) is 11.5 Å². The Morgan fingerprint density at radius 1 is 0.917 bits per heavy atom. The van der Waals surface area contributed by atoms with Crippen LogP contribution in [0, 0.1) is 0 Å². The third-order valence-corrected chi connectivity index (χ3v) is 3.64. The van der Waals surface area contributed by atoms with Gasteiger partial charge in [0.05, 0.1) is 20.3 Å². The van der Waals surface area contributed by atoms with Gasteiger partial charge in [-0.2, -0.15) is 0 Å². The number of benzene rings is 2. The quantitative estimate of drug-likeness (QED) is 0.710. The fourth-order valence-electron chi connectivity index (χ4n) is 2.50. The van der Waals surface area contributed by atoms with Gasteiger partial charge in [-0.05, 0) is 62.2 Å². The molecule has 2 aromatic rings. The molecule has 0 aliphatic carbocycles. The Bertz CT molecular complexity index is 641. The Balaban J connectivity index is 1.82. The lowest BCUT2D eigenvalue weighted by Gasteiger charge is -2.12. The van der Waals surface area contributed by atoms with Crippen LogP contribution in [0.2, 0.25) is 0 Å². The number of hydrogen-bond acceptors (Lipinski definition) is 4. The van der Waals surface area contributed by atoms with E-state index in [9.17, 15) is 0 Å². The van der Waals surface area contributed by atoms with Crippen molar-refractivity contribution in [2.24, 2.45) is 0 Å². The fourth-order valence-corrected chi connectivity index (χ4v) is 2.50. The van der Waals surface area contributed by atoms with E-state index in [1.54, 1.807) is 14.2 Å². The maximum atomic E-state index is 5.72. The summed E-state index contributed by atoms with van der Waals surface area (Å²) >= 11 is 0. The zero-order chi connectivity index (χ0) is 17.4. The number of methoxy groups -OCH3 is 2. The van der Waals surface area contributed by atoms with Crippen molar-refractivity contribution in [3.63, 3.8) is 0 Å². The molecule has 0 saturated heterocycles. The van der Waals surface area contributed by atoms with Gasteiger partial charge < -0.3 is 19.5 Å². The van der Waals surface area contributed by atoms with Crippen molar-refractivity contribution in [1.82, 2.24) is 5.32 Å². The Labute approximate surface area is 144 Å². The first-order chi connectivity index (χ1) is 11.6. The maximum absolute atomic E-state index is 5.72. The summed E-state index contributed by atoms with van der Waals surface area (Å²) in [4.78, 5) is 0. The molecule has 2 rings (SSSR count). The molecule has 130 valence electrons. The van der Waals surface area contributed by atoms with Crippen LogP contribution < -0.4 is 19.5 Å². The fraction of sp³-hybridized carbons (Fsp3) is 0.400. The van der Waals surface area contributed by atoms with E-state index in [-0.39, 0.29) is 6.10 Å². The highest BCUT2D eigenvalue weighted by Crippen LogP contribution is 2.27. The minimum absolute atomic E-state index is 0.193. The van der Waals surface area contributed by atoms with Crippen LogP contribution in [0.3, 0.4) is 0 Å². The second-order valence-corrected chi connectivity index (χ2v) is 5.93. The van der Waals surface area contributed by atoms with Crippen LogP contribution in [-0.2, 0) is 13.0 Å². The van der Waals surface area contributed by atoms with Crippen LogP contribution in [0.25, 0.3) is 0 Å². The summed E-state index contributed by atoms with van der Waals surface area (Å²) in [7, 11) is 3.31. The molecule has 4 nitrogen and oxygen atoms in total. The first-order valence-electron chi connectivity index (χ1n) is 8.29. The van der Waals surface area contributed by atoms with Crippen LogP contribution in [0.4, 0.5) is 0 Å². The van der Waals surface area contributed by atoms with E-state index in [4.69, 9.17) is 14.2 Å².